The van der Waals surface area contributed by atoms with E-state index in [0.29, 0.717) is 0 Å². The van der Waals surface area contributed by atoms with Crippen molar-refractivity contribution < 1.29 is 9.47 Å². The van der Waals surface area contributed by atoms with Crippen LogP contribution in [0.25, 0.3) is 113 Å². The molecule has 6 heterocycles. The molecule has 0 saturated heterocycles. The van der Waals surface area contributed by atoms with Crippen molar-refractivity contribution in [2.45, 2.75) is 0 Å². The molecule has 0 unspecified atom stereocenters. The molecule has 0 atom stereocenters. The van der Waals surface area contributed by atoms with Gasteiger partial charge in [-0.25, -0.2) is 0 Å². The van der Waals surface area contributed by atoms with E-state index in [4.69, 9.17) is 9.47 Å². The van der Waals surface area contributed by atoms with E-state index < -0.39 is 0 Å². The first-order valence-corrected chi connectivity index (χ1v) is 25.1. The molecule has 12 aromatic rings. The Morgan fingerprint density at radius 3 is 0.823 bits per heavy atom. The minimum Gasteiger partial charge on any atom is -0.497 e. The van der Waals surface area contributed by atoms with Crippen molar-refractivity contribution in [1.29, 1.82) is 0 Å². The maximum atomic E-state index is 5.89. The average molecular weight is 907 g/mol. The Bertz CT molecular complexity index is 3220. The van der Waals surface area contributed by atoms with Crippen LogP contribution in [-0.2, 0) is 0 Å². The van der Waals surface area contributed by atoms with Gasteiger partial charge in [-0.3, -0.25) is 0 Å². The van der Waals surface area contributed by atoms with Gasteiger partial charge in [0.25, 0.3) is 0 Å². The second kappa shape index (κ2) is 15.5. The molecule has 0 aliphatic carbocycles. The van der Waals surface area contributed by atoms with Crippen LogP contribution >= 0.6 is 68.0 Å². The summed E-state index contributed by atoms with van der Waals surface area (Å²) in [4.78, 5) is 5.24. The second-order valence-electron chi connectivity index (χ2n) is 15.1. The number of benzene rings is 6. The molecule has 0 saturated carbocycles. The number of thiophene rings is 6. The molecule has 2 nitrogen and oxygen atoms in total. The molecule has 0 amide bonds. The maximum Gasteiger partial charge on any atom is 0.120 e. The number of hydrogen-bond donors (Lipinski definition) is 0. The third-order valence-electron chi connectivity index (χ3n) is 11.4. The minimum absolute atomic E-state index is 0.858. The normalized spacial score (nSPS) is 11.7. The standard InChI is InChI=1S/C54H34O2S6/c1-55-35-23-37(31-15-7-3-8-16-31)49(38(24-35)32-17-9-4-10-18-32)43-29-47-53(61-43)51-45(57-47)27-41(59-51)42-28-46-52(60-42)54-48(58-46)30-44(62-54)50-39(33-19-11-5-12-20-33)25-36(56-2)26-40(50)34-21-13-6-14-22-34/h3-30H,1-2H3. The molecule has 12 rings (SSSR count). The van der Waals surface area contributed by atoms with Crippen molar-refractivity contribution >= 4 is 106 Å². The zero-order valence-corrected chi connectivity index (χ0v) is 38.3. The molecule has 6 aromatic heterocycles. The molecule has 0 aliphatic rings. The van der Waals surface area contributed by atoms with Crippen LogP contribution in [-0.4, -0.2) is 14.2 Å². The van der Waals surface area contributed by atoms with Gasteiger partial charge in [0.1, 0.15) is 11.5 Å². The predicted molar refractivity (Wildman–Crippen MR) is 275 cm³/mol. The molecule has 8 heteroatoms. The fourth-order valence-electron chi connectivity index (χ4n) is 8.54. The summed E-state index contributed by atoms with van der Waals surface area (Å²) in [6.45, 7) is 0. The summed E-state index contributed by atoms with van der Waals surface area (Å²) < 4.78 is 22.7. The number of fused-ring (bicyclic) bond motifs is 6. The van der Waals surface area contributed by atoms with Crippen LogP contribution in [0.4, 0.5) is 0 Å². The highest BCUT2D eigenvalue weighted by atomic mass is 32.1. The third kappa shape index (κ3) is 6.44. The molecule has 62 heavy (non-hydrogen) atoms. The fraction of sp³-hybridized carbons (Fsp3) is 0.0370. The highest BCUT2D eigenvalue weighted by molar-refractivity contribution is 7.42. The first kappa shape index (κ1) is 37.9. The zero-order valence-electron chi connectivity index (χ0n) is 33.4. The average Bonchev–Trinajstić information content (AvgIpc) is 4.19. The monoisotopic (exact) mass is 906 g/mol. The van der Waals surface area contributed by atoms with Crippen LogP contribution in [0, 0.1) is 0 Å². The Labute approximate surface area is 382 Å². The van der Waals surface area contributed by atoms with Crippen molar-refractivity contribution in [2.24, 2.45) is 0 Å². The van der Waals surface area contributed by atoms with Crippen LogP contribution in [0.15, 0.2) is 170 Å². The lowest BCUT2D eigenvalue weighted by atomic mass is 9.90. The summed E-state index contributed by atoms with van der Waals surface area (Å²) in [6.07, 6.45) is 0. The van der Waals surface area contributed by atoms with Gasteiger partial charge in [-0.2, -0.15) is 0 Å². The topological polar surface area (TPSA) is 18.5 Å². The van der Waals surface area contributed by atoms with Gasteiger partial charge in [0, 0.05) is 49.4 Å². The molecule has 6 aromatic carbocycles. The largest absolute Gasteiger partial charge is 0.497 e. The van der Waals surface area contributed by atoms with Gasteiger partial charge in [-0.1, -0.05) is 121 Å². The predicted octanol–water partition coefficient (Wildman–Crippen LogP) is 18.4. The van der Waals surface area contributed by atoms with Crippen molar-refractivity contribution in [3.05, 3.63) is 170 Å². The molecule has 0 aliphatic heterocycles. The van der Waals surface area contributed by atoms with Crippen LogP contribution in [0.5, 0.6) is 11.5 Å². The van der Waals surface area contributed by atoms with Crippen LogP contribution < -0.4 is 9.47 Å². The maximum absolute atomic E-state index is 5.89. The third-order valence-corrected chi connectivity index (χ3v) is 19.2. The summed E-state index contributed by atoms with van der Waals surface area (Å²) in [6, 6.07) is 61.3. The van der Waals surface area contributed by atoms with Crippen molar-refractivity contribution in [3.8, 4) is 86.6 Å². The lowest BCUT2D eigenvalue weighted by Crippen LogP contribution is -1.92. The highest BCUT2D eigenvalue weighted by Crippen LogP contribution is 2.55. The van der Waals surface area contributed by atoms with E-state index in [2.05, 4.69) is 170 Å². The van der Waals surface area contributed by atoms with Crippen molar-refractivity contribution in [1.82, 2.24) is 0 Å². The SMILES string of the molecule is COc1cc(-c2ccccc2)c(-c2cc3sc4cc(-c5cc6sc7cc(-c8c(-c9ccccc9)cc(OC)cc8-c8ccccc8)sc7c6s5)sc4c3s2)c(-c2ccccc2)c1. The molecular weight excluding hydrogens is 873 g/mol. The van der Waals surface area contributed by atoms with E-state index in [9.17, 15) is 0 Å². The summed E-state index contributed by atoms with van der Waals surface area (Å²) in [5.41, 5.74) is 12.0. The molecule has 0 radical (unpaired) electrons. The molecule has 0 bridgehead atoms. The van der Waals surface area contributed by atoms with Gasteiger partial charge < -0.3 is 9.47 Å². The van der Waals surface area contributed by atoms with Gasteiger partial charge in [-0.05, 0) is 93.0 Å². The van der Waals surface area contributed by atoms with Gasteiger partial charge in [0.05, 0.1) is 33.0 Å². The molecule has 0 spiro atoms. The Balaban J connectivity index is 0.961. The van der Waals surface area contributed by atoms with Crippen molar-refractivity contribution in [2.75, 3.05) is 14.2 Å². The summed E-state index contributed by atoms with van der Waals surface area (Å²) in [7, 11) is 3.52. The number of rotatable bonds is 9. The first-order valence-electron chi connectivity index (χ1n) is 20.2. The van der Waals surface area contributed by atoms with Crippen LogP contribution in [0.3, 0.4) is 0 Å². The molecule has 0 fully saturated rings. The quantitative estimate of drug-likeness (QED) is 0.144. The van der Waals surface area contributed by atoms with Gasteiger partial charge in [-0.15, -0.1) is 68.0 Å². The van der Waals surface area contributed by atoms with Gasteiger partial charge in [0.2, 0.25) is 0 Å². The molecule has 0 N–H and O–H groups in total. The first-order chi connectivity index (χ1) is 30.6. The van der Waals surface area contributed by atoms with Crippen molar-refractivity contribution in [3.63, 3.8) is 0 Å². The van der Waals surface area contributed by atoms with E-state index in [-0.39, 0.29) is 0 Å². The highest BCUT2D eigenvalue weighted by Gasteiger charge is 2.24. The van der Waals surface area contributed by atoms with Gasteiger partial charge in [0.15, 0.2) is 0 Å². The summed E-state index contributed by atoms with van der Waals surface area (Å²) >= 11 is 11.5. The van der Waals surface area contributed by atoms with Crippen LogP contribution in [0.2, 0.25) is 0 Å². The summed E-state index contributed by atoms with van der Waals surface area (Å²) in [5, 5.41) is 0. The Hall–Kier alpha value is -5.84. The zero-order chi connectivity index (χ0) is 41.3. The van der Waals surface area contributed by atoms with E-state index in [0.717, 1.165) is 11.5 Å². The van der Waals surface area contributed by atoms with E-state index >= 15 is 0 Å². The van der Waals surface area contributed by atoms with Crippen LogP contribution in [0.1, 0.15) is 0 Å². The summed E-state index contributed by atoms with van der Waals surface area (Å²) in [5.74, 6) is 1.72. The lowest BCUT2D eigenvalue weighted by Gasteiger charge is -2.17. The second-order valence-corrected chi connectivity index (χ2v) is 21.5. The fourth-order valence-corrected chi connectivity index (χ4v) is 16.8. The molecular formula is C54H34O2S6. The smallest absolute Gasteiger partial charge is 0.120 e. The lowest BCUT2D eigenvalue weighted by molar-refractivity contribution is 0.415. The van der Waals surface area contributed by atoms with E-state index in [1.54, 1.807) is 14.2 Å². The minimum atomic E-state index is 0.858. The Morgan fingerprint density at radius 2 is 0.548 bits per heavy atom. The van der Waals surface area contributed by atoms with E-state index in [1.165, 1.54) is 113 Å². The number of ether oxygens (including phenoxy) is 2. The van der Waals surface area contributed by atoms with E-state index in [1.807, 2.05) is 68.0 Å². The Kier molecular flexibility index (Phi) is 9.47. The van der Waals surface area contributed by atoms with Gasteiger partial charge >= 0.3 is 0 Å². The molecule has 298 valence electrons. The number of methoxy groups -OCH3 is 2. The number of hydrogen-bond acceptors (Lipinski definition) is 8. The Morgan fingerprint density at radius 1 is 0.290 bits per heavy atom.